The van der Waals surface area contributed by atoms with Crippen molar-refractivity contribution in [3.8, 4) is 5.69 Å². The quantitative estimate of drug-likeness (QED) is 0.805. The molecule has 0 bridgehead atoms. The summed E-state index contributed by atoms with van der Waals surface area (Å²) in [6, 6.07) is 9.78. The van der Waals surface area contributed by atoms with Gasteiger partial charge in [-0.25, -0.2) is 0 Å². The molecule has 1 aromatic carbocycles. The number of carbonyl (C=O) groups is 1. The van der Waals surface area contributed by atoms with Gasteiger partial charge in [0.2, 0.25) is 5.95 Å². The van der Waals surface area contributed by atoms with Crippen LogP contribution in [0.1, 0.15) is 13.8 Å². The molecule has 1 saturated heterocycles. The highest BCUT2D eigenvalue weighted by molar-refractivity contribution is 5.80. The van der Waals surface area contributed by atoms with Crippen LogP contribution in [0.2, 0.25) is 0 Å². The average molecular weight is 330 g/mol. The van der Waals surface area contributed by atoms with E-state index in [1.807, 2.05) is 42.2 Å². The zero-order chi connectivity index (χ0) is 16.9. The zero-order valence-corrected chi connectivity index (χ0v) is 14.0. The molecule has 1 aliphatic rings. The van der Waals surface area contributed by atoms with E-state index < -0.39 is 6.10 Å². The second-order valence-corrected chi connectivity index (χ2v) is 5.64. The lowest BCUT2D eigenvalue weighted by molar-refractivity contribution is -0.142. The lowest BCUT2D eigenvalue weighted by Crippen LogP contribution is -2.52. The van der Waals surface area contributed by atoms with E-state index in [1.54, 1.807) is 11.6 Å². The number of carbonyl (C=O) groups excluding carboxylic acids is 1. The molecule has 0 unspecified atom stereocenters. The minimum absolute atomic E-state index is 0.0409. The van der Waals surface area contributed by atoms with Crippen LogP contribution in [-0.4, -0.2) is 69.9 Å². The van der Waals surface area contributed by atoms with Crippen LogP contribution >= 0.6 is 0 Å². The number of aromatic nitrogens is 4. The third-order valence-electron chi connectivity index (χ3n) is 4.09. The van der Waals surface area contributed by atoms with Gasteiger partial charge in [-0.15, -0.1) is 0 Å². The molecular formula is C16H22N6O2. The molecule has 0 N–H and O–H groups in total. The van der Waals surface area contributed by atoms with Crippen molar-refractivity contribution in [3.63, 3.8) is 0 Å². The first-order valence-electron chi connectivity index (χ1n) is 8.20. The summed E-state index contributed by atoms with van der Waals surface area (Å²) < 4.78 is 7.11. The maximum atomic E-state index is 12.3. The Balaban J connectivity index is 1.66. The first kappa shape index (κ1) is 16.4. The molecule has 1 fully saturated rings. The van der Waals surface area contributed by atoms with Crippen LogP contribution in [0, 0.1) is 0 Å². The van der Waals surface area contributed by atoms with Crippen LogP contribution in [0.15, 0.2) is 30.3 Å². The lowest BCUT2D eigenvalue weighted by atomic mass is 10.2. The van der Waals surface area contributed by atoms with Gasteiger partial charge in [0, 0.05) is 32.8 Å². The number of amides is 1. The van der Waals surface area contributed by atoms with Crippen molar-refractivity contribution in [2.75, 3.05) is 37.7 Å². The summed E-state index contributed by atoms with van der Waals surface area (Å²) in [5, 5.41) is 12.0. The van der Waals surface area contributed by atoms with Gasteiger partial charge in [0.05, 0.1) is 5.69 Å². The van der Waals surface area contributed by atoms with E-state index >= 15 is 0 Å². The smallest absolute Gasteiger partial charge is 0.251 e. The molecule has 1 aromatic heterocycles. The minimum atomic E-state index is -0.392. The van der Waals surface area contributed by atoms with Gasteiger partial charge in [-0.2, -0.15) is 4.68 Å². The second-order valence-electron chi connectivity index (χ2n) is 5.64. The standard InChI is InChI=1S/C16H22N6O2/c1-3-24-13(2)15(23)20-9-11-21(12-10-20)16-17-18-19-22(16)14-7-5-4-6-8-14/h4-8,13H,3,9-12H2,1-2H3/t13-/m0/s1. The van der Waals surface area contributed by atoms with Gasteiger partial charge in [-0.3, -0.25) is 4.79 Å². The molecule has 0 aliphatic carbocycles. The Kier molecular flexibility index (Phi) is 5.05. The topological polar surface area (TPSA) is 76.4 Å². The number of hydrogen-bond acceptors (Lipinski definition) is 6. The van der Waals surface area contributed by atoms with Gasteiger partial charge in [0.25, 0.3) is 5.91 Å². The molecule has 24 heavy (non-hydrogen) atoms. The third-order valence-corrected chi connectivity index (χ3v) is 4.09. The molecule has 1 atom stereocenters. The normalized spacial score (nSPS) is 16.2. The summed E-state index contributed by atoms with van der Waals surface area (Å²) in [7, 11) is 0. The van der Waals surface area contributed by atoms with Crippen LogP contribution in [0.5, 0.6) is 0 Å². The fraction of sp³-hybridized carbons (Fsp3) is 0.500. The van der Waals surface area contributed by atoms with Gasteiger partial charge >= 0.3 is 0 Å². The van der Waals surface area contributed by atoms with Gasteiger partial charge in [-0.05, 0) is 36.4 Å². The number of hydrogen-bond donors (Lipinski definition) is 0. The molecular weight excluding hydrogens is 308 g/mol. The van der Waals surface area contributed by atoms with Crippen molar-refractivity contribution in [2.24, 2.45) is 0 Å². The Hall–Kier alpha value is -2.48. The highest BCUT2D eigenvalue weighted by Crippen LogP contribution is 2.17. The summed E-state index contributed by atoms with van der Waals surface area (Å²) in [4.78, 5) is 16.2. The van der Waals surface area contributed by atoms with Crippen molar-refractivity contribution in [1.82, 2.24) is 25.1 Å². The lowest BCUT2D eigenvalue weighted by Gasteiger charge is -2.35. The van der Waals surface area contributed by atoms with Crippen molar-refractivity contribution in [1.29, 1.82) is 0 Å². The van der Waals surface area contributed by atoms with E-state index in [4.69, 9.17) is 4.74 Å². The third kappa shape index (κ3) is 3.38. The van der Waals surface area contributed by atoms with E-state index in [9.17, 15) is 4.79 Å². The molecule has 1 amide bonds. The number of tetrazole rings is 1. The first-order chi connectivity index (χ1) is 11.7. The van der Waals surface area contributed by atoms with E-state index in [-0.39, 0.29) is 5.91 Å². The number of rotatable bonds is 5. The van der Waals surface area contributed by atoms with E-state index in [0.29, 0.717) is 38.7 Å². The van der Waals surface area contributed by atoms with Crippen LogP contribution in [0.3, 0.4) is 0 Å². The number of ether oxygens (including phenoxy) is 1. The fourth-order valence-corrected chi connectivity index (χ4v) is 2.82. The molecule has 8 nitrogen and oxygen atoms in total. The molecule has 1 aliphatic heterocycles. The number of anilines is 1. The molecule has 128 valence electrons. The molecule has 3 rings (SSSR count). The number of benzene rings is 1. The Morgan fingerprint density at radius 3 is 2.58 bits per heavy atom. The largest absolute Gasteiger partial charge is 0.369 e. The van der Waals surface area contributed by atoms with Gasteiger partial charge in [0.1, 0.15) is 6.10 Å². The van der Waals surface area contributed by atoms with Crippen LogP contribution in [-0.2, 0) is 9.53 Å². The van der Waals surface area contributed by atoms with Crippen LogP contribution in [0.25, 0.3) is 5.69 Å². The Bertz CT molecular complexity index is 666. The molecule has 0 radical (unpaired) electrons. The monoisotopic (exact) mass is 330 g/mol. The van der Waals surface area contributed by atoms with Crippen LogP contribution < -0.4 is 4.90 Å². The summed E-state index contributed by atoms with van der Waals surface area (Å²) in [6.07, 6.45) is -0.392. The fourth-order valence-electron chi connectivity index (χ4n) is 2.82. The molecule has 0 saturated carbocycles. The molecule has 2 aromatic rings. The van der Waals surface area contributed by atoms with E-state index in [2.05, 4.69) is 20.4 Å². The average Bonchev–Trinajstić information content (AvgIpc) is 3.12. The Morgan fingerprint density at radius 1 is 1.21 bits per heavy atom. The summed E-state index contributed by atoms with van der Waals surface area (Å²) in [6.45, 7) is 6.89. The zero-order valence-electron chi connectivity index (χ0n) is 14.0. The Labute approximate surface area is 141 Å². The first-order valence-corrected chi connectivity index (χ1v) is 8.20. The SMILES string of the molecule is CCO[C@@H](C)C(=O)N1CCN(c2nnnn2-c2ccccc2)CC1. The Morgan fingerprint density at radius 2 is 1.92 bits per heavy atom. The number of piperazine rings is 1. The van der Waals surface area contributed by atoms with E-state index in [0.717, 1.165) is 5.69 Å². The molecule has 0 spiro atoms. The van der Waals surface area contributed by atoms with Crippen molar-refractivity contribution >= 4 is 11.9 Å². The predicted molar refractivity (Wildman–Crippen MR) is 89.0 cm³/mol. The summed E-state index contributed by atoms with van der Waals surface area (Å²) in [5.41, 5.74) is 0.918. The molecule has 8 heteroatoms. The van der Waals surface area contributed by atoms with E-state index in [1.165, 1.54) is 0 Å². The highest BCUT2D eigenvalue weighted by Gasteiger charge is 2.27. The second kappa shape index (κ2) is 7.39. The van der Waals surface area contributed by atoms with Crippen LogP contribution in [0.4, 0.5) is 5.95 Å². The maximum Gasteiger partial charge on any atom is 0.251 e. The number of para-hydroxylation sites is 1. The van der Waals surface area contributed by atoms with Crippen molar-refractivity contribution in [2.45, 2.75) is 20.0 Å². The van der Waals surface area contributed by atoms with Gasteiger partial charge in [0.15, 0.2) is 0 Å². The summed E-state index contributed by atoms with van der Waals surface area (Å²) >= 11 is 0. The number of nitrogens with zero attached hydrogens (tertiary/aromatic N) is 6. The maximum absolute atomic E-state index is 12.3. The predicted octanol–water partition coefficient (Wildman–Crippen LogP) is 0.736. The highest BCUT2D eigenvalue weighted by atomic mass is 16.5. The minimum Gasteiger partial charge on any atom is -0.369 e. The van der Waals surface area contributed by atoms with Crippen molar-refractivity contribution in [3.05, 3.63) is 30.3 Å². The van der Waals surface area contributed by atoms with Crippen molar-refractivity contribution < 1.29 is 9.53 Å². The molecule has 2 heterocycles. The van der Waals surface area contributed by atoms with Gasteiger partial charge in [-0.1, -0.05) is 23.3 Å². The summed E-state index contributed by atoms with van der Waals surface area (Å²) in [5.74, 6) is 0.741. The van der Waals surface area contributed by atoms with Gasteiger partial charge < -0.3 is 14.5 Å².